The van der Waals surface area contributed by atoms with E-state index < -0.39 is 23.5 Å². The van der Waals surface area contributed by atoms with Gasteiger partial charge in [-0.15, -0.1) is 10.2 Å². The number of hydrogen-bond acceptors (Lipinski definition) is 6. The molecule has 2 aromatic heterocycles. The van der Waals surface area contributed by atoms with Gasteiger partial charge in [-0.3, -0.25) is 4.68 Å². The molecule has 0 aliphatic carbocycles. The number of methoxy groups -OCH3 is 1. The van der Waals surface area contributed by atoms with Crippen molar-refractivity contribution in [2.75, 3.05) is 7.11 Å². The number of ether oxygens (including phenoxy) is 2. The van der Waals surface area contributed by atoms with Crippen molar-refractivity contribution in [1.82, 2.24) is 20.0 Å². The van der Waals surface area contributed by atoms with E-state index >= 15 is 0 Å². The van der Waals surface area contributed by atoms with E-state index in [1.807, 2.05) is 0 Å². The van der Waals surface area contributed by atoms with Crippen LogP contribution in [0.25, 0.3) is 11.5 Å². The zero-order valence-electron chi connectivity index (χ0n) is 15.5. The Balaban J connectivity index is 1.75. The maximum Gasteiger partial charge on any atom is 0.436 e. The van der Waals surface area contributed by atoms with Crippen LogP contribution in [-0.2, 0) is 19.1 Å². The van der Waals surface area contributed by atoms with Crippen LogP contribution >= 0.6 is 11.6 Å². The van der Waals surface area contributed by atoms with Crippen LogP contribution in [0.3, 0.4) is 0 Å². The van der Waals surface area contributed by atoms with Crippen molar-refractivity contribution >= 4 is 11.6 Å². The van der Waals surface area contributed by atoms with Crippen LogP contribution in [0.4, 0.5) is 22.0 Å². The second-order valence-electron chi connectivity index (χ2n) is 5.96. The fourth-order valence-corrected chi connectivity index (χ4v) is 2.83. The summed E-state index contributed by atoms with van der Waals surface area (Å²) in [4.78, 5) is 0. The quantitative estimate of drug-likeness (QED) is 0.481. The second-order valence-corrected chi connectivity index (χ2v) is 6.34. The summed E-state index contributed by atoms with van der Waals surface area (Å²) in [6.45, 7) is -1.58. The van der Waals surface area contributed by atoms with Crippen molar-refractivity contribution in [2.24, 2.45) is 0 Å². The number of alkyl halides is 5. The molecular formula is C17H14ClF5N4O3. The van der Waals surface area contributed by atoms with E-state index in [0.717, 1.165) is 4.68 Å². The Morgan fingerprint density at radius 2 is 1.93 bits per heavy atom. The van der Waals surface area contributed by atoms with Crippen LogP contribution in [0.2, 0.25) is 5.02 Å². The first kappa shape index (κ1) is 21.8. The molecule has 0 radical (unpaired) electrons. The predicted molar refractivity (Wildman–Crippen MR) is 93.6 cm³/mol. The van der Waals surface area contributed by atoms with Gasteiger partial charge in [-0.1, -0.05) is 11.6 Å². The largest absolute Gasteiger partial charge is 0.493 e. The summed E-state index contributed by atoms with van der Waals surface area (Å²) in [6, 6.07) is 4.06. The third-order valence-electron chi connectivity index (χ3n) is 4.03. The van der Waals surface area contributed by atoms with Gasteiger partial charge in [0.25, 0.3) is 0 Å². The fourth-order valence-electron chi connectivity index (χ4n) is 2.59. The molecule has 13 heteroatoms. The van der Waals surface area contributed by atoms with Crippen molar-refractivity contribution in [3.8, 4) is 23.0 Å². The van der Waals surface area contributed by atoms with Gasteiger partial charge >= 0.3 is 12.8 Å². The summed E-state index contributed by atoms with van der Waals surface area (Å²) in [5.41, 5.74) is -0.626. The van der Waals surface area contributed by atoms with E-state index in [1.165, 1.54) is 32.2 Å². The topological polar surface area (TPSA) is 75.2 Å². The van der Waals surface area contributed by atoms with E-state index in [9.17, 15) is 22.0 Å². The summed E-state index contributed by atoms with van der Waals surface area (Å²) in [5.74, 6) is 0.0751. The molecule has 3 rings (SSSR count). The number of nitrogens with zero attached hydrogens (tertiary/aromatic N) is 4. The molecule has 30 heavy (non-hydrogen) atoms. The Morgan fingerprint density at radius 3 is 2.53 bits per heavy atom. The number of aromatic nitrogens is 4. The highest BCUT2D eigenvalue weighted by Gasteiger charge is 2.38. The summed E-state index contributed by atoms with van der Waals surface area (Å²) in [6.07, 6.45) is -4.57. The van der Waals surface area contributed by atoms with Crippen molar-refractivity contribution < 1.29 is 35.8 Å². The van der Waals surface area contributed by atoms with Gasteiger partial charge in [0, 0.05) is 12.0 Å². The molecule has 0 saturated heterocycles. The molecule has 0 fully saturated rings. The highest BCUT2D eigenvalue weighted by molar-refractivity contribution is 6.31. The second kappa shape index (κ2) is 8.46. The molecule has 0 saturated carbocycles. The maximum atomic E-state index is 12.9. The molecule has 3 aromatic rings. The highest BCUT2D eigenvalue weighted by atomic mass is 35.5. The SMILES string of the molecule is COc1cc(-c2nnc(CCn3nc(C(F)(F)F)c(Cl)c3C)o2)ccc1OC(F)F. The van der Waals surface area contributed by atoms with Crippen LogP contribution in [-0.4, -0.2) is 33.7 Å². The van der Waals surface area contributed by atoms with E-state index in [-0.39, 0.29) is 41.9 Å². The van der Waals surface area contributed by atoms with Gasteiger partial charge in [-0.05, 0) is 25.1 Å². The first-order chi connectivity index (χ1) is 14.1. The van der Waals surface area contributed by atoms with Crippen molar-refractivity contribution in [3.63, 3.8) is 0 Å². The minimum Gasteiger partial charge on any atom is -0.493 e. The molecule has 0 N–H and O–H groups in total. The zero-order valence-corrected chi connectivity index (χ0v) is 16.3. The van der Waals surface area contributed by atoms with Gasteiger partial charge in [-0.25, -0.2) is 0 Å². The normalized spacial score (nSPS) is 11.9. The van der Waals surface area contributed by atoms with Gasteiger partial charge in [0.05, 0.1) is 24.4 Å². The molecule has 0 unspecified atom stereocenters. The van der Waals surface area contributed by atoms with Crippen molar-refractivity contribution in [2.45, 2.75) is 32.7 Å². The molecule has 0 bridgehead atoms. The molecule has 7 nitrogen and oxygen atoms in total. The Hall–Kier alpha value is -2.89. The minimum absolute atomic E-state index is 0.0216. The Morgan fingerprint density at radius 1 is 1.20 bits per heavy atom. The number of rotatable bonds is 7. The predicted octanol–water partition coefficient (Wildman–Crippen LogP) is 4.77. The Labute approximate surface area is 171 Å². The van der Waals surface area contributed by atoms with Gasteiger partial charge in [0.2, 0.25) is 11.8 Å². The Kier molecular flexibility index (Phi) is 6.15. The lowest BCUT2D eigenvalue weighted by Gasteiger charge is -2.10. The maximum absolute atomic E-state index is 12.9. The van der Waals surface area contributed by atoms with E-state index in [1.54, 1.807) is 0 Å². The third-order valence-corrected chi connectivity index (χ3v) is 4.49. The molecule has 2 heterocycles. The molecule has 0 atom stereocenters. The summed E-state index contributed by atoms with van der Waals surface area (Å²) >= 11 is 5.71. The molecule has 0 aliphatic rings. The highest BCUT2D eigenvalue weighted by Crippen LogP contribution is 2.35. The lowest BCUT2D eigenvalue weighted by Crippen LogP contribution is -2.10. The first-order valence-corrected chi connectivity index (χ1v) is 8.73. The van der Waals surface area contributed by atoms with E-state index in [4.69, 9.17) is 20.8 Å². The van der Waals surface area contributed by atoms with E-state index in [2.05, 4.69) is 20.0 Å². The lowest BCUT2D eigenvalue weighted by atomic mass is 10.2. The molecule has 0 amide bonds. The zero-order chi connectivity index (χ0) is 22.1. The summed E-state index contributed by atoms with van der Waals surface area (Å²) in [5, 5.41) is 10.7. The van der Waals surface area contributed by atoms with Gasteiger partial charge in [-0.2, -0.15) is 27.1 Å². The Bertz CT molecular complexity index is 1040. The number of hydrogen-bond donors (Lipinski definition) is 0. The summed E-state index contributed by atoms with van der Waals surface area (Å²) < 4.78 is 79.5. The molecule has 0 spiro atoms. The number of aryl methyl sites for hydroxylation is 2. The van der Waals surface area contributed by atoms with Gasteiger partial charge < -0.3 is 13.9 Å². The van der Waals surface area contributed by atoms with Crippen LogP contribution in [0.1, 0.15) is 17.3 Å². The van der Waals surface area contributed by atoms with Crippen LogP contribution in [0, 0.1) is 6.92 Å². The van der Waals surface area contributed by atoms with Crippen LogP contribution < -0.4 is 9.47 Å². The minimum atomic E-state index is -4.66. The van der Waals surface area contributed by atoms with Crippen molar-refractivity contribution in [3.05, 3.63) is 40.5 Å². The average Bonchev–Trinajstić information content (AvgIpc) is 3.25. The van der Waals surface area contributed by atoms with Crippen LogP contribution in [0.5, 0.6) is 11.5 Å². The van der Waals surface area contributed by atoms with Gasteiger partial charge in [0.15, 0.2) is 17.2 Å². The van der Waals surface area contributed by atoms with E-state index in [0.29, 0.717) is 5.56 Å². The molecule has 162 valence electrons. The van der Waals surface area contributed by atoms with Gasteiger partial charge in [0.1, 0.15) is 0 Å². The molecule has 1 aromatic carbocycles. The lowest BCUT2D eigenvalue weighted by molar-refractivity contribution is -0.141. The van der Waals surface area contributed by atoms with Crippen molar-refractivity contribution in [1.29, 1.82) is 0 Å². The average molecular weight is 453 g/mol. The third kappa shape index (κ3) is 4.64. The smallest absolute Gasteiger partial charge is 0.436 e. The monoisotopic (exact) mass is 452 g/mol. The first-order valence-electron chi connectivity index (χ1n) is 8.36. The number of halogens is 6. The standard InChI is InChI=1S/C17H14ClF5N4O3/c1-8-13(18)14(17(21,22)23)26-27(8)6-5-12-24-25-15(30-12)9-3-4-10(29-16(19)20)11(7-9)28-2/h3-4,7,16H,5-6H2,1-2H3. The molecular weight excluding hydrogens is 439 g/mol. The van der Waals surface area contributed by atoms with Crippen LogP contribution in [0.15, 0.2) is 22.6 Å². The number of benzene rings is 1. The summed E-state index contributed by atoms with van der Waals surface area (Å²) in [7, 11) is 1.28. The fraction of sp³-hybridized carbons (Fsp3) is 0.353. The molecule has 0 aliphatic heterocycles.